The van der Waals surface area contributed by atoms with Crippen LogP contribution in [0, 0.1) is 12.8 Å². The van der Waals surface area contributed by atoms with Crippen LogP contribution in [0.1, 0.15) is 19.6 Å². The molecular formula is C11H17NO3S. The first-order valence-electron chi connectivity index (χ1n) is 5.20. The molecule has 0 aliphatic carbocycles. The first-order valence-corrected chi connectivity index (χ1v) is 6.51. The fraction of sp³-hybridized carbons (Fsp3) is 0.545. The number of nitrogens with one attached hydrogen (secondary N) is 1. The monoisotopic (exact) mass is 243 g/mol. The average Bonchev–Trinajstić information content (AvgIpc) is 2.61. The van der Waals surface area contributed by atoms with Crippen molar-refractivity contribution in [1.82, 2.24) is 5.32 Å². The van der Waals surface area contributed by atoms with Gasteiger partial charge in [0.15, 0.2) is 0 Å². The minimum Gasteiger partial charge on any atom is -0.468 e. The van der Waals surface area contributed by atoms with Gasteiger partial charge in [-0.2, -0.15) is 0 Å². The molecule has 1 aromatic heterocycles. The first-order chi connectivity index (χ1) is 7.50. The maximum atomic E-state index is 11.8. The standard InChI is InChI=1S/C11H17NO3S/c1-8(2)6-12-11(13)7-16(14)10-4-5-15-9(10)3/h4-5,8H,6-7H2,1-3H3,(H,12,13)/t16-/m0/s1. The fourth-order valence-corrected chi connectivity index (χ4v) is 2.25. The van der Waals surface area contributed by atoms with Crippen molar-refractivity contribution in [2.24, 2.45) is 5.92 Å². The molecule has 0 aliphatic heterocycles. The summed E-state index contributed by atoms with van der Waals surface area (Å²) >= 11 is 0. The Balaban J connectivity index is 2.46. The maximum absolute atomic E-state index is 11.8. The van der Waals surface area contributed by atoms with E-state index in [1.54, 1.807) is 13.0 Å². The maximum Gasteiger partial charge on any atom is 0.233 e. The van der Waals surface area contributed by atoms with Crippen LogP contribution in [0.25, 0.3) is 0 Å². The van der Waals surface area contributed by atoms with Crippen LogP contribution in [0.5, 0.6) is 0 Å². The summed E-state index contributed by atoms with van der Waals surface area (Å²) in [7, 11) is -1.31. The van der Waals surface area contributed by atoms with Gasteiger partial charge in [-0.05, 0) is 18.9 Å². The molecule has 0 saturated carbocycles. The van der Waals surface area contributed by atoms with Gasteiger partial charge in [0.05, 0.1) is 22.0 Å². The molecule has 0 spiro atoms. The van der Waals surface area contributed by atoms with E-state index in [0.29, 0.717) is 23.1 Å². The zero-order valence-electron chi connectivity index (χ0n) is 9.78. The Morgan fingerprint density at radius 1 is 1.56 bits per heavy atom. The first kappa shape index (κ1) is 13.0. The van der Waals surface area contributed by atoms with Crippen molar-refractivity contribution >= 4 is 16.7 Å². The highest BCUT2D eigenvalue weighted by Crippen LogP contribution is 2.13. The third kappa shape index (κ3) is 3.81. The second-order valence-corrected chi connectivity index (χ2v) is 5.45. The summed E-state index contributed by atoms with van der Waals surface area (Å²) in [5.74, 6) is 0.809. The van der Waals surface area contributed by atoms with Crippen LogP contribution in [-0.2, 0) is 15.6 Å². The summed E-state index contributed by atoms with van der Waals surface area (Å²) in [6.07, 6.45) is 1.48. The van der Waals surface area contributed by atoms with Gasteiger partial charge in [0.2, 0.25) is 5.91 Å². The molecule has 1 heterocycles. The van der Waals surface area contributed by atoms with Gasteiger partial charge in [0.25, 0.3) is 0 Å². The van der Waals surface area contributed by atoms with Crippen LogP contribution in [-0.4, -0.2) is 22.4 Å². The van der Waals surface area contributed by atoms with Gasteiger partial charge in [-0.3, -0.25) is 9.00 Å². The molecule has 0 bridgehead atoms. The highest BCUT2D eigenvalue weighted by atomic mass is 32.2. The van der Waals surface area contributed by atoms with Gasteiger partial charge in [-0.25, -0.2) is 0 Å². The Morgan fingerprint density at radius 2 is 2.25 bits per heavy atom. The Hall–Kier alpha value is -1.10. The smallest absolute Gasteiger partial charge is 0.233 e. The summed E-state index contributed by atoms with van der Waals surface area (Å²) in [6.45, 7) is 6.37. The van der Waals surface area contributed by atoms with Crippen LogP contribution in [0.2, 0.25) is 0 Å². The predicted molar refractivity (Wildman–Crippen MR) is 62.6 cm³/mol. The summed E-state index contributed by atoms with van der Waals surface area (Å²) in [5.41, 5.74) is 0. The molecule has 0 radical (unpaired) electrons. The molecule has 90 valence electrons. The summed E-state index contributed by atoms with van der Waals surface area (Å²) in [6, 6.07) is 1.64. The molecule has 0 saturated heterocycles. The SMILES string of the molecule is Cc1occc1[S@@](=O)CC(=O)NCC(C)C. The van der Waals surface area contributed by atoms with E-state index in [1.165, 1.54) is 6.26 Å². The molecule has 0 aromatic carbocycles. The molecule has 0 unspecified atom stereocenters. The number of hydrogen-bond acceptors (Lipinski definition) is 3. The van der Waals surface area contributed by atoms with Crippen LogP contribution in [0.15, 0.2) is 21.6 Å². The molecule has 5 heteroatoms. The molecular weight excluding hydrogens is 226 g/mol. The van der Waals surface area contributed by atoms with E-state index in [2.05, 4.69) is 5.32 Å². The summed E-state index contributed by atoms with van der Waals surface area (Å²) in [4.78, 5) is 12.0. The summed E-state index contributed by atoms with van der Waals surface area (Å²) in [5, 5.41) is 2.73. The normalized spacial score (nSPS) is 12.8. The van der Waals surface area contributed by atoms with E-state index >= 15 is 0 Å². The number of rotatable bonds is 5. The quantitative estimate of drug-likeness (QED) is 0.852. The lowest BCUT2D eigenvalue weighted by molar-refractivity contribution is -0.118. The summed E-state index contributed by atoms with van der Waals surface area (Å²) < 4.78 is 16.8. The lowest BCUT2D eigenvalue weighted by Gasteiger charge is -2.06. The van der Waals surface area contributed by atoms with Crippen LogP contribution >= 0.6 is 0 Å². The van der Waals surface area contributed by atoms with Crippen molar-refractivity contribution in [2.45, 2.75) is 25.7 Å². The van der Waals surface area contributed by atoms with E-state index < -0.39 is 10.8 Å². The van der Waals surface area contributed by atoms with Crippen molar-refractivity contribution in [3.05, 3.63) is 18.1 Å². The van der Waals surface area contributed by atoms with Crippen LogP contribution in [0.4, 0.5) is 0 Å². The molecule has 1 atom stereocenters. The number of carbonyl (C=O) groups is 1. The zero-order chi connectivity index (χ0) is 12.1. The van der Waals surface area contributed by atoms with Crippen LogP contribution < -0.4 is 5.32 Å². The highest BCUT2D eigenvalue weighted by molar-refractivity contribution is 7.85. The minimum atomic E-state index is -1.31. The van der Waals surface area contributed by atoms with Crippen molar-refractivity contribution in [1.29, 1.82) is 0 Å². The number of furan rings is 1. The van der Waals surface area contributed by atoms with Crippen molar-refractivity contribution < 1.29 is 13.4 Å². The molecule has 1 N–H and O–H groups in total. The van der Waals surface area contributed by atoms with Crippen LogP contribution in [0.3, 0.4) is 0 Å². The van der Waals surface area contributed by atoms with E-state index in [4.69, 9.17) is 4.42 Å². The van der Waals surface area contributed by atoms with E-state index in [9.17, 15) is 9.00 Å². The topological polar surface area (TPSA) is 59.3 Å². The Kier molecular flexibility index (Phi) is 4.73. The molecule has 1 aromatic rings. The van der Waals surface area contributed by atoms with Gasteiger partial charge in [-0.1, -0.05) is 13.8 Å². The molecule has 1 rings (SSSR count). The van der Waals surface area contributed by atoms with Gasteiger partial charge in [-0.15, -0.1) is 0 Å². The minimum absolute atomic E-state index is 0.00685. The van der Waals surface area contributed by atoms with Gasteiger partial charge < -0.3 is 9.73 Å². The molecule has 0 aliphatic rings. The predicted octanol–water partition coefficient (Wildman–Crippen LogP) is 1.47. The number of hydrogen-bond donors (Lipinski definition) is 1. The van der Waals surface area contributed by atoms with Crippen molar-refractivity contribution in [2.75, 3.05) is 12.3 Å². The lowest BCUT2D eigenvalue weighted by Crippen LogP contribution is -2.31. The lowest BCUT2D eigenvalue weighted by atomic mass is 10.2. The molecule has 4 nitrogen and oxygen atoms in total. The number of carbonyl (C=O) groups excluding carboxylic acids is 1. The third-order valence-electron chi connectivity index (χ3n) is 2.03. The second kappa shape index (κ2) is 5.84. The second-order valence-electron chi connectivity index (χ2n) is 4.03. The third-order valence-corrected chi connectivity index (χ3v) is 3.46. The molecule has 1 amide bonds. The molecule has 0 fully saturated rings. The Bertz CT molecular complexity index is 384. The van der Waals surface area contributed by atoms with Gasteiger partial charge in [0.1, 0.15) is 11.5 Å². The highest BCUT2D eigenvalue weighted by Gasteiger charge is 2.13. The largest absolute Gasteiger partial charge is 0.468 e. The van der Waals surface area contributed by atoms with Crippen molar-refractivity contribution in [3.8, 4) is 0 Å². The molecule has 16 heavy (non-hydrogen) atoms. The van der Waals surface area contributed by atoms with Crippen molar-refractivity contribution in [3.63, 3.8) is 0 Å². The van der Waals surface area contributed by atoms with E-state index in [1.807, 2.05) is 13.8 Å². The van der Waals surface area contributed by atoms with Gasteiger partial charge in [0, 0.05) is 6.54 Å². The number of amides is 1. The van der Waals surface area contributed by atoms with E-state index in [-0.39, 0.29) is 11.7 Å². The van der Waals surface area contributed by atoms with E-state index in [0.717, 1.165) is 0 Å². The Morgan fingerprint density at radius 3 is 2.75 bits per heavy atom. The average molecular weight is 243 g/mol. The number of aryl methyl sites for hydroxylation is 1. The fourth-order valence-electron chi connectivity index (χ4n) is 1.18. The Labute approximate surface area is 97.9 Å². The zero-order valence-corrected chi connectivity index (χ0v) is 10.6. The van der Waals surface area contributed by atoms with Gasteiger partial charge >= 0.3 is 0 Å².